The standard InChI is InChI=1S/C21H25ClN2O4S/c1-28-18-8-4-6-16(14-18)7-5-11-23-21(25)17-9-10-19(22)20(15-17)29(26,27)24-12-2-3-13-24/h4,6,8-10,14-15H,2-3,5,7,11-13H2,1H3,(H,23,25). The number of carbonyl (C=O) groups is 1. The first-order valence-corrected chi connectivity index (χ1v) is 11.4. The molecule has 0 spiro atoms. The lowest BCUT2D eigenvalue weighted by atomic mass is 10.1. The van der Waals surface area contributed by atoms with Gasteiger partial charge in [0.1, 0.15) is 10.6 Å². The molecule has 0 bridgehead atoms. The molecule has 0 atom stereocenters. The largest absolute Gasteiger partial charge is 0.497 e. The van der Waals surface area contributed by atoms with Gasteiger partial charge in [-0.05, 0) is 61.6 Å². The lowest BCUT2D eigenvalue weighted by Gasteiger charge is -2.17. The van der Waals surface area contributed by atoms with Crippen LogP contribution in [0, 0.1) is 0 Å². The fourth-order valence-corrected chi connectivity index (χ4v) is 5.35. The summed E-state index contributed by atoms with van der Waals surface area (Å²) in [5.74, 6) is 0.490. The molecule has 156 valence electrons. The molecule has 3 rings (SSSR count). The predicted octanol–water partition coefficient (Wildman–Crippen LogP) is 3.50. The minimum atomic E-state index is -3.68. The van der Waals surface area contributed by atoms with Gasteiger partial charge in [-0.25, -0.2) is 8.42 Å². The number of hydrogen-bond donors (Lipinski definition) is 1. The number of hydrogen-bond acceptors (Lipinski definition) is 4. The average Bonchev–Trinajstić information content (AvgIpc) is 3.27. The van der Waals surface area contributed by atoms with Crippen LogP contribution in [0.5, 0.6) is 5.75 Å². The van der Waals surface area contributed by atoms with Crippen molar-refractivity contribution in [2.45, 2.75) is 30.6 Å². The number of aryl methyl sites for hydroxylation is 1. The number of sulfonamides is 1. The van der Waals surface area contributed by atoms with E-state index in [1.807, 2.05) is 24.3 Å². The molecule has 1 aliphatic heterocycles. The molecule has 1 amide bonds. The highest BCUT2D eigenvalue weighted by Crippen LogP contribution is 2.28. The van der Waals surface area contributed by atoms with Crippen LogP contribution in [0.3, 0.4) is 0 Å². The first-order valence-electron chi connectivity index (χ1n) is 9.62. The molecule has 0 unspecified atom stereocenters. The third-order valence-electron chi connectivity index (χ3n) is 4.94. The molecule has 2 aromatic carbocycles. The van der Waals surface area contributed by atoms with E-state index < -0.39 is 10.0 Å². The van der Waals surface area contributed by atoms with E-state index in [0.717, 1.165) is 37.0 Å². The lowest BCUT2D eigenvalue weighted by Crippen LogP contribution is -2.29. The molecule has 29 heavy (non-hydrogen) atoms. The SMILES string of the molecule is COc1cccc(CCCNC(=O)c2ccc(Cl)c(S(=O)(=O)N3CCCC3)c2)c1. The topological polar surface area (TPSA) is 75.7 Å². The Morgan fingerprint density at radius 1 is 1.17 bits per heavy atom. The number of methoxy groups -OCH3 is 1. The van der Waals surface area contributed by atoms with Gasteiger partial charge in [-0.15, -0.1) is 0 Å². The molecule has 1 fully saturated rings. The van der Waals surface area contributed by atoms with E-state index in [2.05, 4.69) is 5.32 Å². The highest BCUT2D eigenvalue weighted by molar-refractivity contribution is 7.89. The molecule has 6 nitrogen and oxygen atoms in total. The molecule has 8 heteroatoms. The normalized spacial score (nSPS) is 14.7. The summed E-state index contributed by atoms with van der Waals surface area (Å²) < 4.78 is 32.2. The van der Waals surface area contributed by atoms with Crippen LogP contribution in [-0.2, 0) is 16.4 Å². The predicted molar refractivity (Wildman–Crippen MR) is 113 cm³/mol. The summed E-state index contributed by atoms with van der Waals surface area (Å²) in [4.78, 5) is 12.5. The molecule has 0 aliphatic carbocycles. The van der Waals surface area contributed by atoms with Crippen molar-refractivity contribution in [3.8, 4) is 5.75 Å². The molecular weight excluding hydrogens is 412 g/mol. The number of amides is 1. The van der Waals surface area contributed by atoms with Gasteiger partial charge in [0, 0.05) is 25.2 Å². The van der Waals surface area contributed by atoms with Crippen LogP contribution in [0.4, 0.5) is 0 Å². The summed E-state index contributed by atoms with van der Waals surface area (Å²) in [6.07, 6.45) is 3.23. The van der Waals surface area contributed by atoms with E-state index in [1.165, 1.54) is 16.4 Å². The van der Waals surface area contributed by atoms with E-state index in [4.69, 9.17) is 16.3 Å². The van der Waals surface area contributed by atoms with Crippen LogP contribution in [0.1, 0.15) is 35.2 Å². The number of halogens is 1. The highest BCUT2D eigenvalue weighted by atomic mass is 35.5. The molecule has 1 heterocycles. The smallest absolute Gasteiger partial charge is 0.251 e. The van der Waals surface area contributed by atoms with Gasteiger partial charge in [0.25, 0.3) is 5.91 Å². The van der Waals surface area contributed by atoms with Gasteiger partial charge in [0.2, 0.25) is 10.0 Å². The van der Waals surface area contributed by atoms with Gasteiger partial charge in [-0.1, -0.05) is 23.7 Å². The fourth-order valence-electron chi connectivity index (χ4n) is 3.33. The van der Waals surface area contributed by atoms with Gasteiger partial charge in [0.15, 0.2) is 0 Å². The Morgan fingerprint density at radius 2 is 1.93 bits per heavy atom. The summed E-state index contributed by atoms with van der Waals surface area (Å²) >= 11 is 6.14. The number of rotatable bonds is 8. The third-order valence-corrected chi connectivity index (χ3v) is 7.32. The van der Waals surface area contributed by atoms with Crippen LogP contribution in [0.15, 0.2) is 47.4 Å². The number of ether oxygens (including phenoxy) is 1. The van der Waals surface area contributed by atoms with Crippen molar-refractivity contribution in [3.05, 3.63) is 58.6 Å². The molecule has 1 N–H and O–H groups in total. The van der Waals surface area contributed by atoms with Crippen molar-refractivity contribution in [2.75, 3.05) is 26.7 Å². The minimum absolute atomic E-state index is 0.00917. The lowest BCUT2D eigenvalue weighted by molar-refractivity contribution is 0.0953. The summed E-state index contributed by atoms with van der Waals surface area (Å²) in [6, 6.07) is 12.2. The Kier molecular flexibility index (Phi) is 7.16. The van der Waals surface area contributed by atoms with Crippen LogP contribution >= 0.6 is 11.6 Å². The molecule has 0 aromatic heterocycles. The Morgan fingerprint density at radius 3 is 2.66 bits per heavy atom. The fraction of sp³-hybridized carbons (Fsp3) is 0.381. The van der Waals surface area contributed by atoms with Gasteiger partial charge >= 0.3 is 0 Å². The Bertz CT molecular complexity index is 972. The second-order valence-corrected chi connectivity index (χ2v) is 9.28. The molecule has 1 saturated heterocycles. The monoisotopic (exact) mass is 436 g/mol. The molecule has 0 saturated carbocycles. The maximum absolute atomic E-state index is 12.8. The second-order valence-electron chi connectivity index (χ2n) is 6.97. The van der Waals surface area contributed by atoms with E-state index >= 15 is 0 Å². The summed E-state index contributed by atoms with van der Waals surface area (Å²) in [6.45, 7) is 1.45. The molecule has 2 aromatic rings. The second kappa shape index (κ2) is 9.61. The average molecular weight is 437 g/mol. The van der Waals surface area contributed by atoms with E-state index in [9.17, 15) is 13.2 Å². The maximum atomic E-state index is 12.8. The quantitative estimate of drug-likeness (QED) is 0.642. The van der Waals surface area contributed by atoms with Crippen molar-refractivity contribution < 1.29 is 17.9 Å². The zero-order chi connectivity index (χ0) is 20.9. The third kappa shape index (κ3) is 5.29. The number of carbonyl (C=O) groups excluding carboxylic acids is 1. The number of benzene rings is 2. The van der Waals surface area contributed by atoms with Gasteiger partial charge in [-0.3, -0.25) is 4.79 Å². The summed E-state index contributed by atoms with van der Waals surface area (Å²) in [5.41, 5.74) is 1.41. The zero-order valence-corrected chi connectivity index (χ0v) is 17.9. The molecule has 0 radical (unpaired) electrons. The number of nitrogens with one attached hydrogen (secondary N) is 1. The van der Waals surface area contributed by atoms with Crippen molar-refractivity contribution in [3.63, 3.8) is 0 Å². The van der Waals surface area contributed by atoms with Gasteiger partial charge < -0.3 is 10.1 Å². The van der Waals surface area contributed by atoms with Crippen LogP contribution in [-0.4, -0.2) is 45.4 Å². The first-order chi connectivity index (χ1) is 13.9. The first kappa shape index (κ1) is 21.6. The highest BCUT2D eigenvalue weighted by Gasteiger charge is 2.29. The Balaban J connectivity index is 1.61. The van der Waals surface area contributed by atoms with Crippen molar-refractivity contribution in [1.82, 2.24) is 9.62 Å². The zero-order valence-electron chi connectivity index (χ0n) is 16.4. The summed E-state index contributed by atoms with van der Waals surface area (Å²) in [5, 5.41) is 2.97. The van der Waals surface area contributed by atoms with Crippen LogP contribution in [0.25, 0.3) is 0 Å². The maximum Gasteiger partial charge on any atom is 0.251 e. The van der Waals surface area contributed by atoms with Crippen LogP contribution < -0.4 is 10.1 Å². The van der Waals surface area contributed by atoms with Crippen LogP contribution in [0.2, 0.25) is 5.02 Å². The minimum Gasteiger partial charge on any atom is -0.497 e. The molecule has 1 aliphatic rings. The van der Waals surface area contributed by atoms with Crippen molar-refractivity contribution in [2.24, 2.45) is 0 Å². The van der Waals surface area contributed by atoms with E-state index in [0.29, 0.717) is 19.6 Å². The van der Waals surface area contributed by atoms with Crippen molar-refractivity contribution >= 4 is 27.5 Å². The molecular formula is C21H25ClN2O4S. The van der Waals surface area contributed by atoms with Crippen molar-refractivity contribution in [1.29, 1.82) is 0 Å². The van der Waals surface area contributed by atoms with E-state index in [-0.39, 0.29) is 21.4 Å². The number of nitrogens with zero attached hydrogens (tertiary/aromatic N) is 1. The van der Waals surface area contributed by atoms with Gasteiger partial charge in [-0.2, -0.15) is 4.31 Å². The van der Waals surface area contributed by atoms with Gasteiger partial charge in [0.05, 0.1) is 12.1 Å². The summed E-state index contributed by atoms with van der Waals surface area (Å²) in [7, 11) is -2.06. The van der Waals surface area contributed by atoms with E-state index in [1.54, 1.807) is 13.2 Å². The Hall–Kier alpha value is -2.09. The Labute approximate surface area is 176 Å².